The molecule has 0 saturated carbocycles. The topological polar surface area (TPSA) is 61.4 Å². The van der Waals surface area contributed by atoms with Gasteiger partial charge in [0.15, 0.2) is 0 Å². The summed E-state index contributed by atoms with van der Waals surface area (Å²) in [6, 6.07) is 24.9. The number of benzene rings is 3. The number of carbonyl (C=O) groups is 1. The van der Waals surface area contributed by atoms with Crippen LogP contribution in [0.4, 0.5) is 0 Å². The molecule has 1 amide bonds. The van der Waals surface area contributed by atoms with Crippen molar-refractivity contribution in [3.05, 3.63) is 96.1 Å². The lowest BCUT2D eigenvalue weighted by Gasteiger charge is -2.25. The van der Waals surface area contributed by atoms with Gasteiger partial charge in [-0.15, -0.1) is 0 Å². The van der Waals surface area contributed by atoms with Crippen LogP contribution in [0, 0.1) is 11.8 Å². The van der Waals surface area contributed by atoms with E-state index in [1.807, 2.05) is 24.3 Å². The third kappa shape index (κ3) is 6.77. The summed E-state index contributed by atoms with van der Waals surface area (Å²) in [5, 5.41) is 19.0. The second-order valence-corrected chi connectivity index (χ2v) is 9.06. The summed E-state index contributed by atoms with van der Waals surface area (Å²) in [5.41, 5.74) is 2.39. The highest BCUT2D eigenvalue weighted by molar-refractivity contribution is 5.83. The number of aliphatic hydroxyl groups excluding tert-OH is 1. The standard InChI is InChI=1S/C29H34N2O2/c32-21-24(17-22-7-2-1-3-8-22)13-15-28(31-29(33)27-11-6-16-30-20-27)19-23-12-14-25-9-4-5-10-26(25)18-23/h1-5,7-10,12-15,18,24,27-28,30,32H,6,11,16-17,19-21H2,(H,31,33)/t24?,27?,28-/m0/s1. The highest BCUT2D eigenvalue weighted by Gasteiger charge is 2.23. The Morgan fingerprint density at radius 3 is 2.52 bits per heavy atom. The summed E-state index contributed by atoms with van der Waals surface area (Å²) in [7, 11) is 0. The molecular weight excluding hydrogens is 408 g/mol. The fourth-order valence-corrected chi connectivity index (χ4v) is 4.56. The summed E-state index contributed by atoms with van der Waals surface area (Å²) in [6.07, 6.45) is 7.60. The van der Waals surface area contributed by atoms with Gasteiger partial charge in [-0.25, -0.2) is 0 Å². The second kappa shape index (κ2) is 11.8. The lowest BCUT2D eigenvalue weighted by molar-refractivity contribution is -0.125. The quantitative estimate of drug-likeness (QED) is 0.434. The molecule has 0 aliphatic carbocycles. The molecule has 33 heavy (non-hydrogen) atoms. The summed E-state index contributed by atoms with van der Waals surface area (Å²) >= 11 is 0. The number of nitrogens with one attached hydrogen (secondary N) is 2. The number of rotatable bonds is 9. The first-order chi connectivity index (χ1) is 16.2. The molecule has 4 heteroatoms. The fourth-order valence-electron chi connectivity index (χ4n) is 4.56. The van der Waals surface area contributed by atoms with E-state index in [1.165, 1.54) is 21.9 Å². The van der Waals surface area contributed by atoms with Gasteiger partial charge in [0.2, 0.25) is 5.91 Å². The average Bonchev–Trinajstić information content (AvgIpc) is 2.87. The molecule has 1 saturated heterocycles. The molecule has 0 aromatic heterocycles. The molecule has 1 heterocycles. The van der Waals surface area contributed by atoms with Crippen molar-refractivity contribution < 1.29 is 9.90 Å². The Bertz CT molecular complexity index is 1060. The van der Waals surface area contributed by atoms with E-state index in [-0.39, 0.29) is 30.4 Å². The van der Waals surface area contributed by atoms with Gasteiger partial charge in [0, 0.05) is 19.1 Å². The van der Waals surface area contributed by atoms with Crippen molar-refractivity contribution in [2.24, 2.45) is 11.8 Å². The molecule has 1 aliphatic rings. The molecule has 0 spiro atoms. The zero-order valence-corrected chi connectivity index (χ0v) is 19.1. The molecule has 3 N–H and O–H groups in total. The van der Waals surface area contributed by atoms with Crippen LogP contribution in [-0.2, 0) is 17.6 Å². The number of carbonyl (C=O) groups excluding carboxylic acids is 1. The van der Waals surface area contributed by atoms with Crippen molar-refractivity contribution in [1.82, 2.24) is 10.6 Å². The van der Waals surface area contributed by atoms with Crippen LogP contribution in [0.3, 0.4) is 0 Å². The second-order valence-electron chi connectivity index (χ2n) is 9.06. The molecular formula is C29H34N2O2. The van der Waals surface area contributed by atoms with Gasteiger partial charge in [0.05, 0.1) is 12.0 Å². The average molecular weight is 443 g/mol. The maximum Gasteiger partial charge on any atom is 0.224 e. The van der Waals surface area contributed by atoms with Crippen LogP contribution >= 0.6 is 0 Å². The molecule has 0 radical (unpaired) electrons. The number of fused-ring (bicyclic) bond motifs is 1. The first-order valence-corrected chi connectivity index (χ1v) is 12.0. The van der Waals surface area contributed by atoms with Crippen LogP contribution in [0.1, 0.15) is 24.0 Å². The van der Waals surface area contributed by atoms with Crippen molar-refractivity contribution in [2.45, 2.75) is 31.7 Å². The van der Waals surface area contributed by atoms with Gasteiger partial charge >= 0.3 is 0 Å². The molecule has 4 nitrogen and oxygen atoms in total. The SMILES string of the molecule is O=C(N[C@@H](C=CC(CO)Cc1ccccc1)Cc1ccc2ccccc2c1)C1CCCNC1. The summed E-state index contributed by atoms with van der Waals surface area (Å²) in [4.78, 5) is 13.0. The maximum atomic E-state index is 13.0. The van der Waals surface area contributed by atoms with E-state index in [1.54, 1.807) is 0 Å². The minimum absolute atomic E-state index is 0.0137. The molecule has 172 valence electrons. The Balaban J connectivity index is 1.50. The summed E-state index contributed by atoms with van der Waals surface area (Å²) in [5.74, 6) is 0.144. The normalized spacial score (nSPS) is 18.3. The molecule has 0 bridgehead atoms. The minimum Gasteiger partial charge on any atom is -0.396 e. The van der Waals surface area contributed by atoms with Crippen LogP contribution < -0.4 is 10.6 Å². The smallest absolute Gasteiger partial charge is 0.224 e. The third-order valence-corrected chi connectivity index (χ3v) is 6.46. The monoisotopic (exact) mass is 442 g/mol. The summed E-state index contributed by atoms with van der Waals surface area (Å²) in [6.45, 7) is 1.81. The van der Waals surface area contributed by atoms with Gasteiger partial charge in [0.25, 0.3) is 0 Å². The van der Waals surface area contributed by atoms with Crippen molar-refractivity contribution in [1.29, 1.82) is 0 Å². The zero-order chi connectivity index (χ0) is 22.9. The Morgan fingerprint density at radius 2 is 1.76 bits per heavy atom. The largest absolute Gasteiger partial charge is 0.396 e. The number of piperidine rings is 1. The predicted molar refractivity (Wildman–Crippen MR) is 135 cm³/mol. The van der Waals surface area contributed by atoms with Crippen LogP contribution in [0.15, 0.2) is 84.9 Å². The van der Waals surface area contributed by atoms with Crippen LogP contribution in [0.5, 0.6) is 0 Å². The van der Waals surface area contributed by atoms with E-state index >= 15 is 0 Å². The van der Waals surface area contributed by atoms with Crippen molar-refractivity contribution in [2.75, 3.05) is 19.7 Å². The lowest BCUT2D eigenvalue weighted by Crippen LogP contribution is -2.44. The van der Waals surface area contributed by atoms with E-state index in [0.29, 0.717) is 0 Å². The van der Waals surface area contributed by atoms with Crippen molar-refractivity contribution in [3.8, 4) is 0 Å². The number of aliphatic hydroxyl groups is 1. The highest BCUT2D eigenvalue weighted by Crippen LogP contribution is 2.18. The first kappa shape index (κ1) is 23.2. The Labute approximate surface area is 196 Å². The van der Waals surface area contributed by atoms with Gasteiger partial charge in [-0.2, -0.15) is 0 Å². The van der Waals surface area contributed by atoms with Gasteiger partial charge < -0.3 is 15.7 Å². The lowest BCUT2D eigenvalue weighted by atomic mass is 9.95. The predicted octanol–water partition coefficient (Wildman–Crippen LogP) is 4.27. The van der Waals surface area contributed by atoms with Crippen molar-refractivity contribution >= 4 is 16.7 Å². The molecule has 1 fully saturated rings. The first-order valence-electron chi connectivity index (χ1n) is 12.0. The zero-order valence-electron chi connectivity index (χ0n) is 19.1. The van der Waals surface area contributed by atoms with E-state index in [2.05, 4.69) is 71.3 Å². The molecule has 3 atom stereocenters. The van der Waals surface area contributed by atoms with E-state index in [4.69, 9.17) is 0 Å². The Morgan fingerprint density at radius 1 is 0.970 bits per heavy atom. The molecule has 4 rings (SSSR count). The number of amides is 1. The Hall–Kier alpha value is -2.95. The maximum absolute atomic E-state index is 13.0. The fraction of sp³-hybridized carbons (Fsp3) is 0.345. The van der Waals surface area contributed by atoms with Crippen LogP contribution in [0.25, 0.3) is 10.8 Å². The van der Waals surface area contributed by atoms with Gasteiger partial charge in [-0.05, 0) is 54.1 Å². The molecule has 3 aromatic carbocycles. The summed E-state index contributed by atoms with van der Waals surface area (Å²) < 4.78 is 0. The molecule has 2 unspecified atom stereocenters. The van der Waals surface area contributed by atoms with E-state index in [0.717, 1.165) is 38.8 Å². The minimum atomic E-state index is -0.120. The third-order valence-electron chi connectivity index (χ3n) is 6.46. The van der Waals surface area contributed by atoms with Gasteiger partial charge in [-0.3, -0.25) is 4.79 Å². The van der Waals surface area contributed by atoms with Crippen LogP contribution in [0.2, 0.25) is 0 Å². The van der Waals surface area contributed by atoms with Crippen LogP contribution in [-0.4, -0.2) is 36.8 Å². The van der Waals surface area contributed by atoms with Gasteiger partial charge in [-0.1, -0.05) is 84.9 Å². The van der Waals surface area contributed by atoms with Gasteiger partial charge in [0.1, 0.15) is 0 Å². The van der Waals surface area contributed by atoms with E-state index in [9.17, 15) is 9.90 Å². The van der Waals surface area contributed by atoms with Crippen molar-refractivity contribution in [3.63, 3.8) is 0 Å². The molecule has 3 aromatic rings. The number of hydrogen-bond acceptors (Lipinski definition) is 3. The molecule has 1 aliphatic heterocycles. The Kier molecular flexibility index (Phi) is 8.29. The number of hydrogen-bond donors (Lipinski definition) is 3. The highest BCUT2D eigenvalue weighted by atomic mass is 16.3. The van der Waals surface area contributed by atoms with E-state index < -0.39 is 0 Å².